The number of fused-ring (bicyclic) bond motifs is 1. The third kappa shape index (κ3) is 5.98. The molecule has 4 aromatic rings. The summed E-state index contributed by atoms with van der Waals surface area (Å²) in [6.07, 6.45) is 7.63. The van der Waals surface area contributed by atoms with Crippen molar-refractivity contribution >= 4 is 28.4 Å². The Morgan fingerprint density at radius 3 is 2.77 bits per heavy atom. The third-order valence-electron chi connectivity index (χ3n) is 7.54. The molecule has 1 saturated heterocycles. The summed E-state index contributed by atoms with van der Waals surface area (Å²) in [5.74, 6) is 1.64. The van der Waals surface area contributed by atoms with Crippen LogP contribution in [0.25, 0.3) is 22.2 Å². The Labute approximate surface area is 229 Å². The summed E-state index contributed by atoms with van der Waals surface area (Å²) in [6, 6.07) is 14.3. The van der Waals surface area contributed by atoms with Gasteiger partial charge >= 0.3 is 0 Å². The highest BCUT2D eigenvalue weighted by Gasteiger charge is 2.22. The first-order valence-corrected chi connectivity index (χ1v) is 13.7. The first-order chi connectivity index (χ1) is 19.1. The van der Waals surface area contributed by atoms with E-state index in [9.17, 15) is 4.79 Å². The van der Waals surface area contributed by atoms with E-state index in [1.165, 1.54) is 19.4 Å². The van der Waals surface area contributed by atoms with Gasteiger partial charge in [-0.05, 0) is 49.7 Å². The predicted octanol–water partition coefficient (Wildman–Crippen LogP) is 4.56. The molecule has 1 fully saturated rings. The van der Waals surface area contributed by atoms with Gasteiger partial charge < -0.3 is 16.0 Å². The largest absolute Gasteiger partial charge is 0.369 e. The first kappa shape index (κ1) is 26.5. The smallest absolute Gasteiger partial charge is 0.251 e. The van der Waals surface area contributed by atoms with Crippen LogP contribution in [0.15, 0.2) is 61.2 Å². The van der Waals surface area contributed by atoms with Gasteiger partial charge in [0.05, 0.1) is 16.8 Å². The van der Waals surface area contributed by atoms with Gasteiger partial charge in [0.15, 0.2) is 0 Å². The van der Waals surface area contributed by atoms with Crippen molar-refractivity contribution in [1.29, 1.82) is 0 Å². The molecular weight excluding hydrogens is 488 g/mol. The molecule has 9 heteroatoms. The zero-order chi connectivity index (χ0) is 27.2. The highest BCUT2D eigenvalue weighted by Crippen LogP contribution is 2.27. The van der Waals surface area contributed by atoms with E-state index in [2.05, 4.69) is 60.7 Å². The number of para-hydroxylation sites is 1. The molecule has 0 spiro atoms. The van der Waals surface area contributed by atoms with E-state index in [1.807, 2.05) is 36.5 Å². The van der Waals surface area contributed by atoms with E-state index in [4.69, 9.17) is 0 Å². The van der Waals surface area contributed by atoms with Gasteiger partial charge in [-0.3, -0.25) is 14.7 Å². The average Bonchev–Trinajstić information content (AvgIpc) is 3.46. The fourth-order valence-corrected chi connectivity index (χ4v) is 5.32. The molecule has 3 aromatic heterocycles. The number of anilines is 2. The molecule has 0 aliphatic carbocycles. The summed E-state index contributed by atoms with van der Waals surface area (Å²) in [7, 11) is 1.64. The summed E-state index contributed by atoms with van der Waals surface area (Å²) >= 11 is 0. The number of aromatic nitrogens is 4. The second kappa shape index (κ2) is 12.2. The summed E-state index contributed by atoms with van der Waals surface area (Å²) in [6.45, 7) is 8.22. The maximum absolute atomic E-state index is 12.3. The van der Waals surface area contributed by atoms with Crippen LogP contribution in [-0.2, 0) is 0 Å². The van der Waals surface area contributed by atoms with Gasteiger partial charge in [-0.2, -0.15) is 0 Å². The molecule has 1 aromatic carbocycles. The number of nitrogens with zero attached hydrogens (tertiary/aromatic N) is 5. The molecule has 3 N–H and O–H groups in total. The number of hydrogen-bond acceptors (Lipinski definition) is 8. The van der Waals surface area contributed by atoms with Crippen molar-refractivity contribution in [3.05, 3.63) is 72.3 Å². The third-order valence-corrected chi connectivity index (χ3v) is 7.54. The quantitative estimate of drug-likeness (QED) is 0.277. The van der Waals surface area contributed by atoms with Gasteiger partial charge in [0.1, 0.15) is 18.0 Å². The fraction of sp³-hybridized carbons (Fsp3) is 0.367. The zero-order valence-corrected chi connectivity index (χ0v) is 22.8. The summed E-state index contributed by atoms with van der Waals surface area (Å²) in [5, 5.41) is 10.5. The van der Waals surface area contributed by atoms with Crippen LogP contribution < -0.4 is 16.0 Å². The van der Waals surface area contributed by atoms with E-state index in [1.54, 1.807) is 25.6 Å². The molecule has 9 nitrogen and oxygen atoms in total. The molecule has 5 rings (SSSR count). The summed E-state index contributed by atoms with van der Waals surface area (Å²) in [4.78, 5) is 32.9. The average molecular weight is 525 g/mol. The van der Waals surface area contributed by atoms with E-state index in [-0.39, 0.29) is 11.8 Å². The van der Waals surface area contributed by atoms with Crippen LogP contribution in [0, 0.1) is 0 Å². The van der Waals surface area contributed by atoms with Gasteiger partial charge in [0.2, 0.25) is 0 Å². The van der Waals surface area contributed by atoms with Crippen LogP contribution >= 0.6 is 0 Å². The topological polar surface area (TPSA) is 108 Å². The minimum Gasteiger partial charge on any atom is -0.369 e. The number of likely N-dealkylation sites (N-methyl/N-ethyl adjacent to an activating group) is 1. The summed E-state index contributed by atoms with van der Waals surface area (Å²) in [5.41, 5.74) is 4.30. The highest BCUT2D eigenvalue weighted by atomic mass is 16.1. The van der Waals surface area contributed by atoms with Gasteiger partial charge in [0.25, 0.3) is 5.91 Å². The van der Waals surface area contributed by atoms with Gasteiger partial charge in [-0.25, -0.2) is 15.0 Å². The number of benzene rings is 1. The standard InChI is InChI=1S/C30H36N8O/c1-4-38-14-6-7-22(38)18-35-27-11-10-21(17-34-27)26-15-28(37-19-36-26)33-16-20(2)23-8-5-9-24-25(30(39)31-3)12-13-32-29(23)24/h5,8-13,15,17,19-20,22H,4,6-7,14,16,18H2,1-3H3,(H,31,39)(H,34,35)(H,33,36,37)/t20-,22?/m1/s1. The summed E-state index contributed by atoms with van der Waals surface area (Å²) < 4.78 is 0. The number of carbonyl (C=O) groups excluding carboxylic acids is 1. The molecule has 39 heavy (non-hydrogen) atoms. The number of amides is 1. The number of rotatable bonds is 10. The van der Waals surface area contributed by atoms with Crippen LogP contribution in [0.1, 0.15) is 48.5 Å². The molecule has 1 aliphatic rings. The molecule has 4 heterocycles. The monoisotopic (exact) mass is 524 g/mol. The van der Waals surface area contributed by atoms with Gasteiger partial charge in [0, 0.05) is 61.5 Å². The van der Waals surface area contributed by atoms with Crippen LogP contribution in [0.2, 0.25) is 0 Å². The Bertz CT molecular complexity index is 1420. The van der Waals surface area contributed by atoms with E-state index in [0.717, 1.165) is 52.4 Å². The van der Waals surface area contributed by atoms with Crippen molar-refractivity contribution in [3.63, 3.8) is 0 Å². The lowest BCUT2D eigenvalue weighted by Gasteiger charge is -2.23. The van der Waals surface area contributed by atoms with Crippen LogP contribution in [0.5, 0.6) is 0 Å². The van der Waals surface area contributed by atoms with Crippen molar-refractivity contribution in [3.8, 4) is 11.3 Å². The molecule has 1 unspecified atom stereocenters. The van der Waals surface area contributed by atoms with Crippen molar-refractivity contribution < 1.29 is 4.79 Å². The minimum atomic E-state index is -0.117. The number of carbonyl (C=O) groups is 1. The van der Waals surface area contributed by atoms with Crippen molar-refractivity contribution in [2.24, 2.45) is 0 Å². The lowest BCUT2D eigenvalue weighted by Crippen LogP contribution is -2.34. The number of pyridine rings is 2. The number of nitrogens with one attached hydrogen (secondary N) is 3. The predicted molar refractivity (Wildman–Crippen MR) is 156 cm³/mol. The lowest BCUT2D eigenvalue weighted by molar-refractivity contribution is 0.0964. The molecule has 2 atom stereocenters. The van der Waals surface area contributed by atoms with Crippen molar-refractivity contribution in [2.75, 3.05) is 43.9 Å². The number of likely N-dealkylation sites (tertiary alicyclic amines) is 1. The lowest BCUT2D eigenvalue weighted by atomic mass is 9.96. The highest BCUT2D eigenvalue weighted by molar-refractivity contribution is 6.06. The zero-order valence-electron chi connectivity index (χ0n) is 22.8. The fourth-order valence-electron chi connectivity index (χ4n) is 5.32. The molecule has 0 bridgehead atoms. The molecular formula is C30H36N8O. The van der Waals surface area contributed by atoms with Crippen molar-refractivity contribution in [2.45, 2.75) is 38.6 Å². The maximum Gasteiger partial charge on any atom is 0.251 e. The second-order valence-corrected chi connectivity index (χ2v) is 9.99. The van der Waals surface area contributed by atoms with Crippen LogP contribution in [-0.4, -0.2) is 70.0 Å². The molecule has 1 amide bonds. The molecule has 0 radical (unpaired) electrons. The van der Waals surface area contributed by atoms with Gasteiger partial charge in [-0.1, -0.05) is 32.0 Å². The van der Waals surface area contributed by atoms with E-state index in [0.29, 0.717) is 18.2 Å². The normalized spacial score (nSPS) is 16.2. The van der Waals surface area contributed by atoms with Gasteiger partial charge in [-0.15, -0.1) is 0 Å². The Balaban J connectivity index is 1.23. The Morgan fingerprint density at radius 2 is 1.97 bits per heavy atom. The SMILES string of the molecule is CCN1CCCC1CNc1ccc(-c2cc(NC[C@@H](C)c3cccc4c(C(=O)NC)ccnc34)ncn2)cn1. The van der Waals surface area contributed by atoms with Crippen molar-refractivity contribution in [1.82, 2.24) is 30.2 Å². The van der Waals surface area contributed by atoms with Crippen LogP contribution in [0.4, 0.5) is 11.6 Å². The number of hydrogen-bond donors (Lipinski definition) is 3. The van der Waals surface area contributed by atoms with E-state index >= 15 is 0 Å². The minimum absolute atomic E-state index is 0.117. The molecule has 202 valence electrons. The molecule has 1 aliphatic heterocycles. The second-order valence-electron chi connectivity index (χ2n) is 9.99. The Morgan fingerprint density at radius 1 is 1.08 bits per heavy atom. The van der Waals surface area contributed by atoms with Crippen LogP contribution in [0.3, 0.4) is 0 Å². The molecule has 0 saturated carbocycles. The first-order valence-electron chi connectivity index (χ1n) is 13.7. The maximum atomic E-state index is 12.3. The Kier molecular flexibility index (Phi) is 8.27. The van der Waals surface area contributed by atoms with E-state index < -0.39 is 0 Å². The Hall–Kier alpha value is -4.11.